The van der Waals surface area contributed by atoms with Gasteiger partial charge in [-0.1, -0.05) is 12.8 Å². The lowest BCUT2D eigenvalue weighted by molar-refractivity contribution is -0.127. The molecule has 0 aromatic heterocycles. The second-order valence-corrected chi connectivity index (χ2v) is 4.01. The highest BCUT2D eigenvalue weighted by Crippen LogP contribution is 2.38. The zero-order valence-electron chi connectivity index (χ0n) is 7.01. The fraction of sp³-hybridized carbons (Fsp3) is 0.900. The van der Waals surface area contributed by atoms with Gasteiger partial charge in [0, 0.05) is 12.3 Å². The molecule has 2 fully saturated rings. The number of carbonyl (C=O) groups excluding carboxylic acids is 1. The third-order valence-corrected chi connectivity index (χ3v) is 3.32. The number of hydrogen-bond acceptors (Lipinski definition) is 1. The van der Waals surface area contributed by atoms with Crippen LogP contribution in [0.15, 0.2) is 0 Å². The molecule has 0 radical (unpaired) electrons. The SMILES string of the molecule is O=C1CCC[C@H]2CCCCC12. The van der Waals surface area contributed by atoms with Crippen LogP contribution in [0.3, 0.4) is 0 Å². The monoisotopic (exact) mass is 152 g/mol. The van der Waals surface area contributed by atoms with Crippen molar-refractivity contribution in [3.63, 3.8) is 0 Å². The molecule has 2 rings (SSSR count). The molecule has 0 aliphatic heterocycles. The molecule has 0 aromatic carbocycles. The molecule has 0 aromatic rings. The van der Waals surface area contributed by atoms with Crippen LogP contribution < -0.4 is 0 Å². The van der Waals surface area contributed by atoms with Crippen molar-refractivity contribution in [2.24, 2.45) is 11.8 Å². The van der Waals surface area contributed by atoms with E-state index in [2.05, 4.69) is 0 Å². The van der Waals surface area contributed by atoms with Gasteiger partial charge in [0.2, 0.25) is 0 Å². The van der Waals surface area contributed by atoms with Gasteiger partial charge < -0.3 is 0 Å². The zero-order chi connectivity index (χ0) is 7.68. The van der Waals surface area contributed by atoms with E-state index in [0.29, 0.717) is 11.7 Å². The lowest BCUT2D eigenvalue weighted by Crippen LogP contribution is -2.30. The first-order valence-corrected chi connectivity index (χ1v) is 4.90. The fourth-order valence-electron chi connectivity index (χ4n) is 2.70. The molecule has 62 valence electrons. The number of carbonyl (C=O) groups is 1. The third-order valence-electron chi connectivity index (χ3n) is 3.32. The van der Waals surface area contributed by atoms with Crippen LogP contribution in [0.5, 0.6) is 0 Å². The summed E-state index contributed by atoms with van der Waals surface area (Å²) in [5, 5.41) is 0. The van der Waals surface area contributed by atoms with Crippen molar-refractivity contribution in [3.8, 4) is 0 Å². The third kappa shape index (κ3) is 1.33. The molecule has 2 aliphatic rings. The minimum atomic E-state index is 0.484. The van der Waals surface area contributed by atoms with Gasteiger partial charge in [0.15, 0.2) is 0 Å². The summed E-state index contributed by atoms with van der Waals surface area (Å²) in [6.07, 6.45) is 8.57. The maximum Gasteiger partial charge on any atom is 0.136 e. The molecule has 0 heterocycles. The Balaban J connectivity index is 2.05. The standard InChI is InChI=1S/C10H16O/c11-10-7-3-5-8-4-1-2-6-9(8)10/h8-9H,1-7H2/t8-,9?/m1/s1. The predicted molar refractivity (Wildman–Crippen MR) is 44.3 cm³/mol. The summed E-state index contributed by atoms with van der Waals surface area (Å²) in [4.78, 5) is 11.4. The summed E-state index contributed by atoms with van der Waals surface area (Å²) in [5.41, 5.74) is 0. The largest absolute Gasteiger partial charge is 0.299 e. The van der Waals surface area contributed by atoms with E-state index in [-0.39, 0.29) is 0 Å². The Morgan fingerprint density at radius 1 is 1.00 bits per heavy atom. The van der Waals surface area contributed by atoms with Crippen molar-refractivity contribution in [2.75, 3.05) is 0 Å². The molecule has 11 heavy (non-hydrogen) atoms. The quantitative estimate of drug-likeness (QED) is 0.521. The lowest BCUT2D eigenvalue weighted by atomic mass is 9.70. The molecule has 1 unspecified atom stereocenters. The molecule has 0 amide bonds. The van der Waals surface area contributed by atoms with E-state index in [1.54, 1.807) is 0 Å². The van der Waals surface area contributed by atoms with E-state index < -0.39 is 0 Å². The summed E-state index contributed by atoms with van der Waals surface area (Å²) in [6, 6.07) is 0. The van der Waals surface area contributed by atoms with Crippen molar-refractivity contribution in [3.05, 3.63) is 0 Å². The van der Waals surface area contributed by atoms with Crippen LogP contribution in [0.25, 0.3) is 0 Å². The molecule has 2 aliphatic carbocycles. The summed E-state index contributed by atoms with van der Waals surface area (Å²) >= 11 is 0. The van der Waals surface area contributed by atoms with Crippen LogP contribution in [0.4, 0.5) is 0 Å². The first kappa shape index (κ1) is 7.33. The second kappa shape index (κ2) is 2.96. The van der Waals surface area contributed by atoms with E-state index in [9.17, 15) is 4.79 Å². The minimum Gasteiger partial charge on any atom is -0.299 e. The summed E-state index contributed by atoms with van der Waals surface area (Å²) in [6.45, 7) is 0. The average molecular weight is 152 g/mol. The van der Waals surface area contributed by atoms with Gasteiger partial charge >= 0.3 is 0 Å². The lowest BCUT2D eigenvalue weighted by Gasteiger charge is -2.33. The number of rotatable bonds is 0. The Morgan fingerprint density at radius 2 is 1.73 bits per heavy atom. The first-order chi connectivity index (χ1) is 5.38. The van der Waals surface area contributed by atoms with Crippen molar-refractivity contribution in [1.29, 1.82) is 0 Å². The molecular formula is C10H16O. The van der Waals surface area contributed by atoms with E-state index >= 15 is 0 Å². The molecule has 1 nitrogen and oxygen atoms in total. The first-order valence-electron chi connectivity index (χ1n) is 4.90. The smallest absolute Gasteiger partial charge is 0.136 e. The van der Waals surface area contributed by atoms with Crippen LogP contribution in [-0.4, -0.2) is 5.78 Å². The highest BCUT2D eigenvalue weighted by atomic mass is 16.1. The van der Waals surface area contributed by atoms with Gasteiger partial charge in [-0.25, -0.2) is 0 Å². The summed E-state index contributed by atoms with van der Waals surface area (Å²) < 4.78 is 0. The van der Waals surface area contributed by atoms with Crippen LogP contribution >= 0.6 is 0 Å². The molecule has 0 bridgehead atoms. The average Bonchev–Trinajstić information content (AvgIpc) is 2.06. The molecule has 2 atom stereocenters. The Bertz CT molecular complexity index is 160. The minimum absolute atomic E-state index is 0.484. The number of hydrogen-bond donors (Lipinski definition) is 0. The van der Waals surface area contributed by atoms with Gasteiger partial charge in [-0.2, -0.15) is 0 Å². The Labute approximate surface area is 68.2 Å². The van der Waals surface area contributed by atoms with E-state index in [4.69, 9.17) is 0 Å². The number of fused-ring (bicyclic) bond motifs is 1. The Morgan fingerprint density at radius 3 is 2.55 bits per heavy atom. The topological polar surface area (TPSA) is 17.1 Å². The van der Waals surface area contributed by atoms with Crippen molar-refractivity contribution in [1.82, 2.24) is 0 Å². The highest BCUT2D eigenvalue weighted by Gasteiger charge is 2.32. The van der Waals surface area contributed by atoms with Crippen molar-refractivity contribution in [2.45, 2.75) is 44.9 Å². The van der Waals surface area contributed by atoms with Crippen LogP contribution in [0.2, 0.25) is 0 Å². The Hall–Kier alpha value is -0.330. The number of ketones is 1. The molecule has 2 saturated carbocycles. The zero-order valence-corrected chi connectivity index (χ0v) is 7.01. The van der Waals surface area contributed by atoms with E-state index in [1.807, 2.05) is 0 Å². The van der Waals surface area contributed by atoms with Crippen LogP contribution in [0.1, 0.15) is 44.9 Å². The maximum absolute atomic E-state index is 11.4. The van der Waals surface area contributed by atoms with Gasteiger partial charge in [-0.3, -0.25) is 4.79 Å². The van der Waals surface area contributed by atoms with Gasteiger partial charge in [0.1, 0.15) is 5.78 Å². The van der Waals surface area contributed by atoms with E-state index in [1.165, 1.54) is 38.5 Å². The second-order valence-electron chi connectivity index (χ2n) is 4.01. The van der Waals surface area contributed by atoms with Crippen LogP contribution in [0, 0.1) is 11.8 Å². The van der Waals surface area contributed by atoms with E-state index in [0.717, 1.165) is 12.3 Å². The van der Waals surface area contributed by atoms with Crippen molar-refractivity contribution < 1.29 is 4.79 Å². The van der Waals surface area contributed by atoms with Gasteiger partial charge in [-0.05, 0) is 31.6 Å². The molecule has 0 N–H and O–H groups in total. The van der Waals surface area contributed by atoms with Crippen molar-refractivity contribution >= 4 is 5.78 Å². The Kier molecular flexibility index (Phi) is 1.97. The fourth-order valence-corrected chi connectivity index (χ4v) is 2.70. The molecule has 1 heteroatoms. The normalized spacial score (nSPS) is 38.4. The molecular weight excluding hydrogens is 136 g/mol. The molecule has 0 spiro atoms. The van der Waals surface area contributed by atoms with Gasteiger partial charge in [-0.15, -0.1) is 0 Å². The molecule has 0 saturated heterocycles. The van der Waals surface area contributed by atoms with Crippen LogP contribution in [-0.2, 0) is 4.79 Å². The highest BCUT2D eigenvalue weighted by molar-refractivity contribution is 5.82. The summed E-state index contributed by atoms with van der Waals surface area (Å²) in [5.74, 6) is 1.84. The van der Waals surface area contributed by atoms with Gasteiger partial charge in [0.25, 0.3) is 0 Å². The van der Waals surface area contributed by atoms with Gasteiger partial charge in [0.05, 0.1) is 0 Å². The summed E-state index contributed by atoms with van der Waals surface area (Å²) in [7, 11) is 0. The maximum atomic E-state index is 11.4. The predicted octanol–water partition coefficient (Wildman–Crippen LogP) is 2.55. The number of Topliss-reactive ketones (excluding diaryl/α,β-unsaturated/α-hetero) is 1.